The maximum absolute atomic E-state index is 9.77. The molecule has 2 nitrogen and oxygen atoms in total. The Morgan fingerprint density at radius 1 is 1.36 bits per heavy atom. The molecule has 2 heteroatoms. The fourth-order valence-electron chi connectivity index (χ4n) is 1.76. The molecule has 2 rings (SSSR count). The summed E-state index contributed by atoms with van der Waals surface area (Å²) in [5.41, 5.74) is 2.17. The second-order valence-corrected chi connectivity index (χ2v) is 4.25. The quantitative estimate of drug-likeness (QED) is 0.681. The summed E-state index contributed by atoms with van der Waals surface area (Å²) in [4.78, 5) is 0. The summed E-state index contributed by atoms with van der Waals surface area (Å²) < 4.78 is 5.71. The Morgan fingerprint density at radius 2 is 2.00 bits per heavy atom. The molecule has 0 aliphatic carbocycles. The van der Waals surface area contributed by atoms with Gasteiger partial charge in [-0.2, -0.15) is 0 Å². The maximum atomic E-state index is 9.77. The first-order chi connectivity index (χ1) is 6.42. The number of aromatic hydroxyl groups is 1. The Kier molecular flexibility index (Phi) is 1.65. The number of phenolic OH excluding ortho intramolecular Hbond substituents is 1. The van der Waals surface area contributed by atoms with Crippen LogP contribution in [0, 0.1) is 6.92 Å². The van der Waals surface area contributed by atoms with Gasteiger partial charge in [-0.3, -0.25) is 0 Å². The molecule has 0 fully saturated rings. The molecular weight excluding hydrogens is 176 g/mol. The zero-order chi connectivity index (χ0) is 10.5. The number of phenols is 1. The molecule has 0 saturated heterocycles. The van der Waals surface area contributed by atoms with E-state index in [0.717, 1.165) is 22.4 Å². The van der Waals surface area contributed by atoms with E-state index in [-0.39, 0.29) is 5.75 Å². The third-order valence-electron chi connectivity index (χ3n) is 2.62. The van der Waals surface area contributed by atoms with Crippen molar-refractivity contribution >= 4 is 5.57 Å². The number of ether oxygens (including phenoxy) is 1. The van der Waals surface area contributed by atoms with E-state index in [0.29, 0.717) is 0 Å². The predicted octanol–water partition coefficient (Wildman–Crippen LogP) is 2.88. The molecule has 1 aromatic rings. The molecule has 74 valence electrons. The standard InChI is InChI=1S/C12H14O2/c1-7-5-9(13)11-8(2)12(3,4)14-10(11)6-7/h5-6,13H,2H2,1,3-4H3. The zero-order valence-electron chi connectivity index (χ0n) is 8.72. The van der Waals surface area contributed by atoms with Gasteiger partial charge >= 0.3 is 0 Å². The van der Waals surface area contributed by atoms with Gasteiger partial charge in [0, 0.05) is 5.57 Å². The molecule has 0 unspecified atom stereocenters. The highest BCUT2D eigenvalue weighted by Gasteiger charge is 2.36. The van der Waals surface area contributed by atoms with Gasteiger partial charge in [-0.05, 0) is 38.5 Å². The van der Waals surface area contributed by atoms with Crippen LogP contribution in [0.25, 0.3) is 5.57 Å². The number of aryl methyl sites for hydroxylation is 1. The van der Waals surface area contributed by atoms with Crippen LogP contribution in [0.2, 0.25) is 0 Å². The van der Waals surface area contributed by atoms with Crippen molar-refractivity contribution in [1.29, 1.82) is 0 Å². The van der Waals surface area contributed by atoms with E-state index in [1.807, 2.05) is 26.8 Å². The van der Waals surface area contributed by atoms with Gasteiger partial charge in [0.2, 0.25) is 0 Å². The molecule has 1 aromatic carbocycles. The number of benzene rings is 1. The first-order valence-electron chi connectivity index (χ1n) is 4.64. The minimum atomic E-state index is -0.409. The van der Waals surface area contributed by atoms with Crippen LogP contribution < -0.4 is 4.74 Å². The fraction of sp³-hybridized carbons (Fsp3) is 0.333. The summed E-state index contributed by atoms with van der Waals surface area (Å²) in [7, 11) is 0. The predicted molar refractivity (Wildman–Crippen MR) is 56.6 cm³/mol. The Morgan fingerprint density at radius 3 is 2.64 bits per heavy atom. The van der Waals surface area contributed by atoms with Crippen LogP contribution in [0.15, 0.2) is 18.7 Å². The van der Waals surface area contributed by atoms with Crippen molar-refractivity contribution in [3.63, 3.8) is 0 Å². The number of hydrogen-bond donors (Lipinski definition) is 1. The van der Waals surface area contributed by atoms with E-state index in [1.54, 1.807) is 6.07 Å². The van der Waals surface area contributed by atoms with Crippen molar-refractivity contribution in [2.45, 2.75) is 26.4 Å². The van der Waals surface area contributed by atoms with E-state index in [9.17, 15) is 5.11 Å². The second kappa shape index (κ2) is 2.53. The molecule has 0 bridgehead atoms. The first kappa shape index (κ1) is 9.13. The van der Waals surface area contributed by atoms with Gasteiger partial charge in [0.15, 0.2) is 0 Å². The summed E-state index contributed by atoms with van der Waals surface area (Å²) in [5, 5.41) is 9.77. The lowest BCUT2D eigenvalue weighted by molar-refractivity contribution is 0.189. The molecule has 14 heavy (non-hydrogen) atoms. The highest BCUT2D eigenvalue weighted by Crippen LogP contribution is 2.47. The molecule has 1 heterocycles. The van der Waals surface area contributed by atoms with Gasteiger partial charge in [0.25, 0.3) is 0 Å². The molecule has 1 N–H and O–H groups in total. The first-order valence-corrected chi connectivity index (χ1v) is 4.64. The third kappa shape index (κ3) is 1.10. The lowest BCUT2D eigenvalue weighted by atomic mass is 9.94. The monoisotopic (exact) mass is 190 g/mol. The van der Waals surface area contributed by atoms with Crippen LogP contribution in [-0.4, -0.2) is 10.7 Å². The van der Waals surface area contributed by atoms with Gasteiger partial charge in [0.1, 0.15) is 17.1 Å². The van der Waals surface area contributed by atoms with E-state index >= 15 is 0 Å². The number of rotatable bonds is 0. The van der Waals surface area contributed by atoms with Crippen molar-refractivity contribution in [2.75, 3.05) is 0 Å². The van der Waals surface area contributed by atoms with Crippen molar-refractivity contribution < 1.29 is 9.84 Å². The smallest absolute Gasteiger partial charge is 0.132 e. The van der Waals surface area contributed by atoms with Gasteiger partial charge < -0.3 is 9.84 Å². The molecular formula is C12H14O2. The van der Waals surface area contributed by atoms with Gasteiger partial charge in [-0.15, -0.1) is 0 Å². The lowest BCUT2D eigenvalue weighted by Gasteiger charge is -2.18. The molecule has 0 amide bonds. The number of fused-ring (bicyclic) bond motifs is 1. The molecule has 0 aromatic heterocycles. The molecule has 0 atom stereocenters. The summed E-state index contributed by atoms with van der Waals surface area (Å²) in [6.07, 6.45) is 0. The summed E-state index contributed by atoms with van der Waals surface area (Å²) in [6.45, 7) is 9.78. The highest BCUT2D eigenvalue weighted by atomic mass is 16.5. The van der Waals surface area contributed by atoms with Crippen LogP contribution in [-0.2, 0) is 0 Å². The van der Waals surface area contributed by atoms with Gasteiger partial charge in [-0.1, -0.05) is 6.58 Å². The Hall–Kier alpha value is -1.44. The SMILES string of the molecule is C=C1c2c(O)cc(C)cc2OC1(C)C. The van der Waals surface area contributed by atoms with Crippen molar-refractivity contribution in [2.24, 2.45) is 0 Å². The van der Waals surface area contributed by atoms with Gasteiger partial charge in [-0.25, -0.2) is 0 Å². The van der Waals surface area contributed by atoms with Gasteiger partial charge in [0.05, 0.1) is 5.56 Å². The Bertz CT molecular complexity index is 417. The second-order valence-electron chi connectivity index (χ2n) is 4.25. The molecule has 0 radical (unpaired) electrons. The summed E-state index contributed by atoms with van der Waals surface area (Å²) in [6, 6.07) is 3.66. The van der Waals surface area contributed by atoms with Crippen molar-refractivity contribution in [1.82, 2.24) is 0 Å². The Balaban J connectivity index is 2.66. The molecule has 0 spiro atoms. The van der Waals surface area contributed by atoms with Crippen LogP contribution in [0.4, 0.5) is 0 Å². The normalized spacial score (nSPS) is 17.8. The van der Waals surface area contributed by atoms with Crippen molar-refractivity contribution in [3.05, 3.63) is 29.8 Å². The lowest BCUT2D eigenvalue weighted by Crippen LogP contribution is -2.23. The highest BCUT2D eigenvalue weighted by molar-refractivity contribution is 5.82. The minimum Gasteiger partial charge on any atom is -0.507 e. The van der Waals surface area contributed by atoms with E-state index in [1.165, 1.54) is 0 Å². The van der Waals surface area contributed by atoms with Crippen LogP contribution >= 0.6 is 0 Å². The molecule has 1 aliphatic heterocycles. The van der Waals surface area contributed by atoms with E-state index < -0.39 is 5.60 Å². The largest absolute Gasteiger partial charge is 0.507 e. The van der Waals surface area contributed by atoms with E-state index in [4.69, 9.17) is 4.74 Å². The fourth-order valence-corrected chi connectivity index (χ4v) is 1.76. The van der Waals surface area contributed by atoms with Crippen LogP contribution in [0.3, 0.4) is 0 Å². The van der Waals surface area contributed by atoms with E-state index in [2.05, 4.69) is 6.58 Å². The molecule has 1 aliphatic rings. The average Bonchev–Trinajstić information content (AvgIpc) is 2.21. The minimum absolute atomic E-state index is 0.260. The average molecular weight is 190 g/mol. The summed E-state index contributed by atoms with van der Waals surface area (Å²) >= 11 is 0. The maximum Gasteiger partial charge on any atom is 0.132 e. The third-order valence-corrected chi connectivity index (χ3v) is 2.62. The van der Waals surface area contributed by atoms with Crippen LogP contribution in [0.5, 0.6) is 11.5 Å². The summed E-state index contributed by atoms with van der Waals surface area (Å²) in [5.74, 6) is 0.994. The topological polar surface area (TPSA) is 29.5 Å². The molecule has 0 saturated carbocycles. The Labute approximate surface area is 83.8 Å². The van der Waals surface area contributed by atoms with Crippen molar-refractivity contribution in [3.8, 4) is 11.5 Å². The zero-order valence-corrected chi connectivity index (χ0v) is 8.72. The van der Waals surface area contributed by atoms with Crippen LogP contribution in [0.1, 0.15) is 25.0 Å². The number of hydrogen-bond acceptors (Lipinski definition) is 2.